The van der Waals surface area contributed by atoms with Crippen LogP contribution in [0.1, 0.15) is 207 Å². The summed E-state index contributed by atoms with van der Waals surface area (Å²) in [7, 11) is 0. The molecule has 6 rings (SSSR count). The van der Waals surface area contributed by atoms with Gasteiger partial charge in [0.25, 0.3) is 0 Å². The van der Waals surface area contributed by atoms with Crippen LogP contribution in [0.2, 0.25) is 0 Å². The molecule has 0 fully saturated rings. The first-order chi connectivity index (χ1) is 31.1. The second-order valence-corrected chi connectivity index (χ2v) is 18.3. The first kappa shape index (κ1) is 49.0. The van der Waals surface area contributed by atoms with Crippen molar-refractivity contribution >= 4 is 44.4 Å². The van der Waals surface area contributed by atoms with Gasteiger partial charge in [0.15, 0.2) is 34.6 Å². The number of hydrogen-bond donors (Lipinski definition) is 2. The Morgan fingerprint density at radius 2 is 0.641 bits per heavy atom. The SMILES string of the molecule is CCCCCCCCCCC(CCCCC)n1c(O)c(-c2c(O)n(C(CCCCC)CCCCCCCCCC)c3nc4cc(F)c(F)cc4nc23)c2nc3cc(F)c(F)cc3nc21. The number of nitrogens with zero attached hydrogens (tertiary/aromatic N) is 6. The van der Waals surface area contributed by atoms with E-state index in [-0.39, 0.29) is 79.4 Å². The average Bonchev–Trinajstić information content (AvgIpc) is 3.70. The fourth-order valence-electron chi connectivity index (χ4n) is 9.65. The summed E-state index contributed by atoms with van der Waals surface area (Å²) in [6.07, 6.45) is 27.1. The van der Waals surface area contributed by atoms with Gasteiger partial charge in [-0.2, -0.15) is 0 Å². The summed E-state index contributed by atoms with van der Waals surface area (Å²) in [5, 5.41) is 25.5. The molecule has 64 heavy (non-hydrogen) atoms. The zero-order valence-corrected chi connectivity index (χ0v) is 38.9. The maximum atomic E-state index is 14.9. The van der Waals surface area contributed by atoms with Gasteiger partial charge in [-0.3, -0.25) is 9.13 Å². The molecule has 2 aromatic carbocycles. The van der Waals surface area contributed by atoms with Gasteiger partial charge in [-0.05, 0) is 25.7 Å². The van der Waals surface area contributed by atoms with Gasteiger partial charge in [-0.1, -0.05) is 169 Å². The summed E-state index contributed by atoms with van der Waals surface area (Å²) in [6, 6.07) is 3.60. The quantitative estimate of drug-likeness (QED) is 0.0359. The van der Waals surface area contributed by atoms with E-state index < -0.39 is 23.3 Å². The van der Waals surface area contributed by atoms with Crippen LogP contribution in [0, 0.1) is 23.3 Å². The highest BCUT2D eigenvalue weighted by molar-refractivity contribution is 6.08. The van der Waals surface area contributed by atoms with Crippen molar-refractivity contribution in [2.24, 2.45) is 0 Å². The van der Waals surface area contributed by atoms with Gasteiger partial charge in [0.1, 0.15) is 11.0 Å². The lowest BCUT2D eigenvalue weighted by molar-refractivity contribution is 0.343. The average molecular weight is 889 g/mol. The molecule has 0 amide bonds. The van der Waals surface area contributed by atoms with Gasteiger partial charge in [0.05, 0.1) is 33.2 Å². The zero-order chi connectivity index (χ0) is 45.6. The summed E-state index contributed by atoms with van der Waals surface area (Å²) in [5.41, 5.74) is 1.67. The van der Waals surface area contributed by atoms with E-state index in [4.69, 9.17) is 19.9 Å². The second-order valence-electron chi connectivity index (χ2n) is 18.3. The van der Waals surface area contributed by atoms with Crippen molar-refractivity contribution in [2.75, 3.05) is 0 Å². The molecule has 6 aromatic rings. The van der Waals surface area contributed by atoms with Crippen LogP contribution < -0.4 is 0 Å². The molecule has 0 aliphatic heterocycles. The van der Waals surface area contributed by atoms with Crippen LogP contribution in [-0.4, -0.2) is 39.3 Å². The third-order valence-electron chi connectivity index (χ3n) is 13.3. The van der Waals surface area contributed by atoms with Crippen molar-refractivity contribution < 1.29 is 27.8 Å². The van der Waals surface area contributed by atoms with Crippen molar-refractivity contribution in [1.29, 1.82) is 0 Å². The number of halogens is 4. The van der Waals surface area contributed by atoms with Gasteiger partial charge < -0.3 is 10.2 Å². The predicted octanol–water partition coefficient (Wildman–Crippen LogP) is 16.4. The molecule has 0 aliphatic rings. The molecule has 4 aromatic heterocycles. The van der Waals surface area contributed by atoms with Gasteiger partial charge in [-0.25, -0.2) is 37.5 Å². The predicted molar refractivity (Wildman–Crippen MR) is 253 cm³/mol. The van der Waals surface area contributed by atoms with Crippen LogP contribution in [0.15, 0.2) is 24.3 Å². The maximum Gasteiger partial charge on any atom is 0.203 e. The van der Waals surface area contributed by atoms with Crippen LogP contribution in [0.5, 0.6) is 11.8 Å². The number of aromatic hydroxyl groups is 2. The number of hydrogen-bond acceptors (Lipinski definition) is 6. The standard InChI is InChI=1S/C52H72F4N6O2/c1-5-9-13-15-17-19-21-25-29-35(27-23-11-7-3)61-49-47(57-41-31-37(53)39(55)33-43(41)59-49)45(51(61)63)46-48-50(60-44-34-40(56)38(54)32-42(44)58-48)62(52(46)64)36(28-24-12-8-4)30-26-22-20-18-16-14-10-6-2/h31-36,63-64H,5-30H2,1-4H3. The van der Waals surface area contributed by atoms with Gasteiger partial charge in [0.2, 0.25) is 11.8 Å². The summed E-state index contributed by atoms with van der Waals surface area (Å²) in [4.78, 5) is 19.5. The molecule has 2 unspecified atom stereocenters. The minimum atomic E-state index is -1.08. The Bertz CT molecular complexity index is 2260. The summed E-state index contributed by atoms with van der Waals surface area (Å²) >= 11 is 0. The number of rotatable bonds is 29. The van der Waals surface area contributed by atoms with Crippen molar-refractivity contribution in [2.45, 2.75) is 207 Å². The first-order valence-electron chi connectivity index (χ1n) is 24.9. The molecule has 4 heterocycles. The minimum Gasteiger partial charge on any atom is -0.494 e. The maximum absolute atomic E-state index is 14.9. The van der Waals surface area contributed by atoms with Crippen LogP contribution in [-0.2, 0) is 0 Å². The van der Waals surface area contributed by atoms with Crippen molar-refractivity contribution in [3.8, 4) is 22.9 Å². The number of benzene rings is 2. The lowest BCUT2D eigenvalue weighted by Gasteiger charge is -2.21. The Kier molecular flexibility index (Phi) is 18.5. The molecular weight excluding hydrogens is 817 g/mol. The van der Waals surface area contributed by atoms with E-state index in [1.165, 1.54) is 64.2 Å². The molecule has 0 bridgehead atoms. The van der Waals surface area contributed by atoms with Crippen LogP contribution in [0.25, 0.3) is 55.5 Å². The molecule has 0 saturated heterocycles. The van der Waals surface area contributed by atoms with Crippen molar-refractivity contribution in [3.63, 3.8) is 0 Å². The third-order valence-corrected chi connectivity index (χ3v) is 13.3. The second kappa shape index (κ2) is 24.2. The van der Waals surface area contributed by atoms with E-state index in [9.17, 15) is 27.8 Å². The Labute approximate surface area is 377 Å². The zero-order valence-electron chi connectivity index (χ0n) is 38.9. The molecule has 8 nitrogen and oxygen atoms in total. The van der Waals surface area contributed by atoms with Crippen molar-refractivity contribution in [1.82, 2.24) is 29.1 Å². The Balaban J connectivity index is 1.53. The number of unbranched alkanes of at least 4 members (excludes halogenated alkanes) is 18. The minimum absolute atomic E-state index is 0.0832. The van der Waals surface area contributed by atoms with E-state index in [1.807, 2.05) is 0 Å². The summed E-state index contributed by atoms with van der Waals surface area (Å²) in [6.45, 7) is 8.73. The van der Waals surface area contributed by atoms with E-state index in [0.29, 0.717) is 0 Å². The highest BCUT2D eigenvalue weighted by Crippen LogP contribution is 2.50. The van der Waals surface area contributed by atoms with Crippen LogP contribution >= 0.6 is 0 Å². The van der Waals surface area contributed by atoms with Gasteiger partial charge >= 0.3 is 0 Å². The smallest absolute Gasteiger partial charge is 0.203 e. The first-order valence-corrected chi connectivity index (χ1v) is 24.9. The number of aromatic nitrogens is 6. The molecule has 0 spiro atoms. The summed E-state index contributed by atoms with van der Waals surface area (Å²) < 4.78 is 62.8. The molecule has 0 aliphatic carbocycles. The van der Waals surface area contributed by atoms with Crippen molar-refractivity contribution in [3.05, 3.63) is 47.5 Å². The van der Waals surface area contributed by atoms with Gasteiger partial charge in [-0.15, -0.1) is 0 Å². The van der Waals surface area contributed by atoms with Crippen LogP contribution in [0.3, 0.4) is 0 Å². The molecule has 0 radical (unpaired) electrons. The van der Waals surface area contributed by atoms with E-state index in [1.54, 1.807) is 9.13 Å². The lowest BCUT2D eigenvalue weighted by Crippen LogP contribution is -2.10. The lowest BCUT2D eigenvalue weighted by atomic mass is 10.00. The van der Waals surface area contributed by atoms with Gasteiger partial charge in [0, 0.05) is 36.3 Å². The highest BCUT2D eigenvalue weighted by Gasteiger charge is 2.34. The molecule has 2 N–H and O–H groups in total. The molecule has 2 atom stereocenters. The topological polar surface area (TPSA) is 102 Å². The number of fused-ring (bicyclic) bond motifs is 4. The molecule has 12 heteroatoms. The van der Waals surface area contributed by atoms with Crippen LogP contribution in [0.4, 0.5) is 17.6 Å². The van der Waals surface area contributed by atoms with E-state index in [2.05, 4.69) is 27.7 Å². The largest absolute Gasteiger partial charge is 0.494 e. The fraction of sp³-hybridized carbons (Fsp3) is 0.615. The molecule has 0 saturated carbocycles. The summed E-state index contributed by atoms with van der Waals surface area (Å²) in [5.74, 6) is -4.67. The normalized spacial score (nSPS) is 13.1. The Morgan fingerprint density at radius 3 is 0.953 bits per heavy atom. The van der Waals surface area contributed by atoms with E-state index >= 15 is 0 Å². The Morgan fingerprint density at radius 1 is 0.391 bits per heavy atom. The molecular formula is C52H72F4N6O2. The highest BCUT2D eigenvalue weighted by atomic mass is 19.2. The fourth-order valence-corrected chi connectivity index (χ4v) is 9.65. The molecule has 350 valence electrons. The monoisotopic (exact) mass is 889 g/mol. The van der Waals surface area contributed by atoms with E-state index in [0.717, 1.165) is 127 Å². The Hall–Kier alpha value is -4.48. The third kappa shape index (κ3) is 11.7.